The molecule has 1 atom stereocenters. The van der Waals surface area contributed by atoms with Gasteiger partial charge in [0.15, 0.2) is 0 Å². The zero-order valence-corrected chi connectivity index (χ0v) is 11.7. The number of benzene rings is 1. The molecule has 102 valence electrons. The molecule has 0 aromatic heterocycles. The quantitative estimate of drug-likeness (QED) is 0.755. The minimum absolute atomic E-state index is 0.165. The number of hydrogen-bond acceptors (Lipinski definition) is 2. The first-order chi connectivity index (χ1) is 8.51. The Hall–Kier alpha value is -0.930. The molecule has 0 spiro atoms. The van der Waals surface area contributed by atoms with Crippen LogP contribution in [0, 0.1) is 5.82 Å². The standard InChI is InChI=1S/C15H25FN2/c1-4-10-18(11-5-2)15(3,17)12-13-8-6-7-9-14(13)16/h6-9H,4-5,10-12,17H2,1-3H3. The van der Waals surface area contributed by atoms with Gasteiger partial charge in [0.2, 0.25) is 0 Å². The van der Waals surface area contributed by atoms with Crippen LogP contribution in [0.1, 0.15) is 39.2 Å². The van der Waals surface area contributed by atoms with Gasteiger partial charge in [-0.15, -0.1) is 0 Å². The van der Waals surface area contributed by atoms with Crippen LogP contribution >= 0.6 is 0 Å². The van der Waals surface area contributed by atoms with Gasteiger partial charge in [-0.1, -0.05) is 32.0 Å². The largest absolute Gasteiger partial charge is 0.313 e. The average Bonchev–Trinajstić information content (AvgIpc) is 2.32. The predicted octanol–water partition coefficient (Wildman–Crippen LogP) is 3.17. The molecule has 0 heterocycles. The highest BCUT2D eigenvalue weighted by atomic mass is 19.1. The number of halogens is 1. The normalized spacial score (nSPS) is 14.8. The van der Waals surface area contributed by atoms with Crippen molar-refractivity contribution in [1.29, 1.82) is 0 Å². The summed E-state index contributed by atoms with van der Waals surface area (Å²) in [5.41, 5.74) is 6.60. The Morgan fingerprint density at radius 3 is 2.22 bits per heavy atom. The van der Waals surface area contributed by atoms with Crippen molar-refractivity contribution in [2.45, 2.75) is 45.7 Å². The zero-order chi connectivity index (χ0) is 13.6. The summed E-state index contributed by atoms with van der Waals surface area (Å²) >= 11 is 0. The van der Waals surface area contributed by atoms with Crippen LogP contribution in [-0.2, 0) is 6.42 Å². The van der Waals surface area contributed by atoms with E-state index in [0.717, 1.165) is 25.9 Å². The highest BCUT2D eigenvalue weighted by Gasteiger charge is 2.27. The summed E-state index contributed by atoms with van der Waals surface area (Å²) in [5.74, 6) is -0.165. The Morgan fingerprint density at radius 2 is 1.72 bits per heavy atom. The minimum atomic E-state index is -0.492. The fourth-order valence-corrected chi connectivity index (χ4v) is 2.30. The number of nitrogens with two attached hydrogens (primary N) is 1. The van der Waals surface area contributed by atoms with E-state index in [0.29, 0.717) is 12.0 Å². The van der Waals surface area contributed by atoms with Gasteiger partial charge in [0.25, 0.3) is 0 Å². The molecule has 1 aromatic carbocycles. The van der Waals surface area contributed by atoms with Crippen molar-refractivity contribution in [1.82, 2.24) is 4.90 Å². The topological polar surface area (TPSA) is 29.3 Å². The Labute approximate surface area is 110 Å². The Kier molecular flexibility index (Phi) is 5.76. The summed E-state index contributed by atoms with van der Waals surface area (Å²) in [6.45, 7) is 8.18. The summed E-state index contributed by atoms with van der Waals surface area (Å²) < 4.78 is 13.7. The van der Waals surface area contributed by atoms with Crippen molar-refractivity contribution in [3.63, 3.8) is 0 Å². The first-order valence-corrected chi connectivity index (χ1v) is 6.78. The van der Waals surface area contributed by atoms with Crippen molar-refractivity contribution in [3.05, 3.63) is 35.6 Å². The molecular weight excluding hydrogens is 227 g/mol. The molecule has 0 bridgehead atoms. The molecule has 18 heavy (non-hydrogen) atoms. The highest BCUT2D eigenvalue weighted by Crippen LogP contribution is 2.18. The molecule has 0 aliphatic carbocycles. The second kappa shape index (κ2) is 6.86. The molecule has 0 fully saturated rings. The minimum Gasteiger partial charge on any atom is -0.313 e. The molecule has 3 heteroatoms. The fourth-order valence-electron chi connectivity index (χ4n) is 2.30. The van der Waals surface area contributed by atoms with E-state index < -0.39 is 5.66 Å². The number of nitrogens with zero attached hydrogens (tertiary/aromatic N) is 1. The van der Waals surface area contributed by atoms with Gasteiger partial charge < -0.3 is 5.73 Å². The van der Waals surface area contributed by atoms with Crippen molar-refractivity contribution in [2.24, 2.45) is 5.73 Å². The van der Waals surface area contributed by atoms with Crippen LogP contribution in [-0.4, -0.2) is 23.7 Å². The van der Waals surface area contributed by atoms with Gasteiger partial charge in [0, 0.05) is 6.42 Å². The average molecular weight is 252 g/mol. The second-order valence-corrected chi connectivity index (χ2v) is 5.11. The van der Waals surface area contributed by atoms with E-state index in [2.05, 4.69) is 18.7 Å². The third-order valence-electron chi connectivity index (χ3n) is 3.22. The lowest BCUT2D eigenvalue weighted by Gasteiger charge is -2.38. The van der Waals surface area contributed by atoms with Crippen LogP contribution in [0.3, 0.4) is 0 Å². The maximum atomic E-state index is 13.7. The Balaban J connectivity index is 2.81. The van der Waals surface area contributed by atoms with Gasteiger partial charge in [-0.25, -0.2) is 4.39 Å². The van der Waals surface area contributed by atoms with Crippen molar-refractivity contribution in [3.8, 4) is 0 Å². The summed E-state index contributed by atoms with van der Waals surface area (Å²) in [4.78, 5) is 2.25. The van der Waals surface area contributed by atoms with Gasteiger partial charge >= 0.3 is 0 Å². The number of rotatable bonds is 7. The van der Waals surface area contributed by atoms with Crippen molar-refractivity contribution >= 4 is 0 Å². The smallest absolute Gasteiger partial charge is 0.126 e. The van der Waals surface area contributed by atoms with Gasteiger partial charge in [-0.05, 0) is 44.5 Å². The molecular formula is C15H25FN2. The molecule has 0 saturated carbocycles. The zero-order valence-electron chi connectivity index (χ0n) is 11.7. The van der Waals surface area contributed by atoms with Gasteiger partial charge in [0.05, 0.1) is 5.66 Å². The van der Waals surface area contributed by atoms with Gasteiger partial charge in [-0.3, -0.25) is 4.90 Å². The predicted molar refractivity (Wildman–Crippen MR) is 74.9 cm³/mol. The SMILES string of the molecule is CCCN(CCC)C(C)(N)Cc1ccccc1F. The van der Waals surface area contributed by atoms with Crippen LogP contribution in [0.2, 0.25) is 0 Å². The highest BCUT2D eigenvalue weighted by molar-refractivity contribution is 5.19. The monoisotopic (exact) mass is 252 g/mol. The van der Waals surface area contributed by atoms with E-state index in [1.54, 1.807) is 6.07 Å². The molecule has 0 radical (unpaired) electrons. The van der Waals surface area contributed by atoms with E-state index in [-0.39, 0.29) is 5.82 Å². The maximum absolute atomic E-state index is 13.7. The molecule has 0 amide bonds. The second-order valence-electron chi connectivity index (χ2n) is 5.11. The molecule has 1 aromatic rings. The van der Waals surface area contributed by atoms with E-state index in [9.17, 15) is 4.39 Å². The molecule has 1 rings (SSSR count). The van der Waals surface area contributed by atoms with Crippen LogP contribution < -0.4 is 5.73 Å². The van der Waals surface area contributed by atoms with Crippen molar-refractivity contribution in [2.75, 3.05) is 13.1 Å². The molecule has 0 aliphatic heterocycles. The van der Waals surface area contributed by atoms with E-state index >= 15 is 0 Å². The molecule has 2 nitrogen and oxygen atoms in total. The first-order valence-electron chi connectivity index (χ1n) is 6.78. The van der Waals surface area contributed by atoms with Gasteiger partial charge in [-0.2, -0.15) is 0 Å². The van der Waals surface area contributed by atoms with Gasteiger partial charge in [0.1, 0.15) is 5.82 Å². The summed E-state index contributed by atoms with van der Waals surface area (Å²) in [6, 6.07) is 6.88. The van der Waals surface area contributed by atoms with Crippen molar-refractivity contribution < 1.29 is 4.39 Å². The third-order valence-corrected chi connectivity index (χ3v) is 3.22. The molecule has 2 N–H and O–H groups in total. The van der Waals surface area contributed by atoms with E-state index in [4.69, 9.17) is 5.73 Å². The lowest BCUT2D eigenvalue weighted by Crippen LogP contribution is -2.55. The van der Waals surface area contributed by atoms with E-state index in [1.165, 1.54) is 6.07 Å². The Morgan fingerprint density at radius 1 is 1.17 bits per heavy atom. The lowest BCUT2D eigenvalue weighted by molar-refractivity contribution is 0.107. The molecule has 1 unspecified atom stereocenters. The number of hydrogen-bond donors (Lipinski definition) is 1. The Bertz CT molecular complexity index is 357. The maximum Gasteiger partial charge on any atom is 0.126 e. The van der Waals surface area contributed by atoms with E-state index in [1.807, 2.05) is 19.1 Å². The summed E-state index contributed by atoms with van der Waals surface area (Å²) in [7, 11) is 0. The third kappa shape index (κ3) is 4.07. The first kappa shape index (κ1) is 15.1. The summed E-state index contributed by atoms with van der Waals surface area (Å²) in [5, 5.41) is 0. The summed E-state index contributed by atoms with van der Waals surface area (Å²) in [6.07, 6.45) is 2.66. The molecule has 0 saturated heterocycles. The van der Waals surface area contributed by atoms with Crippen LogP contribution in [0.5, 0.6) is 0 Å². The van der Waals surface area contributed by atoms with Crippen LogP contribution in [0.4, 0.5) is 4.39 Å². The lowest BCUT2D eigenvalue weighted by atomic mass is 9.99. The van der Waals surface area contributed by atoms with Crippen LogP contribution in [0.15, 0.2) is 24.3 Å². The van der Waals surface area contributed by atoms with Crippen LogP contribution in [0.25, 0.3) is 0 Å². The molecule has 0 aliphatic rings. The fraction of sp³-hybridized carbons (Fsp3) is 0.600.